The lowest BCUT2D eigenvalue weighted by Gasteiger charge is -2.33. The molecule has 1 N–H and O–H groups in total. The van der Waals surface area contributed by atoms with E-state index in [0.717, 1.165) is 32.5 Å². The Labute approximate surface area is 97.0 Å². The summed E-state index contributed by atoms with van der Waals surface area (Å²) in [5.74, 6) is 0. The molecule has 0 atom stereocenters. The average Bonchev–Trinajstić information content (AvgIpc) is 2.29. The predicted molar refractivity (Wildman–Crippen MR) is 61.9 cm³/mol. The number of nitrogens with zero attached hydrogens (tertiary/aromatic N) is 3. The Bertz CT molecular complexity index is 264. The van der Waals surface area contributed by atoms with Gasteiger partial charge in [-0.3, -0.25) is 0 Å². The first kappa shape index (κ1) is 12.8. The molecule has 0 aromatic rings. The van der Waals surface area contributed by atoms with Crippen LogP contribution in [0.5, 0.6) is 0 Å². The van der Waals surface area contributed by atoms with Crippen molar-refractivity contribution in [2.24, 2.45) is 0 Å². The number of likely N-dealkylation sites (tertiary alicyclic amines) is 1. The van der Waals surface area contributed by atoms with E-state index in [1.807, 2.05) is 4.90 Å². The summed E-state index contributed by atoms with van der Waals surface area (Å²) in [6, 6.07) is 2.67. The smallest absolute Gasteiger partial charge is 0.319 e. The summed E-state index contributed by atoms with van der Waals surface area (Å²) in [6.45, 7) is 2.37. The predicted octanol–water partition coefficient (Wildman–Crippen LogP) is 0.636. The Morgan fingerprint density at radius 1 is 1.50 bits per heavy atom. The molecule has 0 aromatic heterocycles. The van der Waals surface area contributed by atoms with Gasteiger partial charge in [0, 0.05) is 46.2 Å². The Balaban J connectivity index is 2.24. The maximum absolute atomic E-state index is 11.7. The molecule has 5 heteroatoms. The topological polar surface area (TPSA) is 59.4 Å². The van der Waals surface area contributed by atoms with Crippen LogP contribution in [0.15, 0.2) is 0 Å². The average molecular weight is 224 g/mol. The number of urea groups is 1. The van der Waals surface area contributed by atoms with Crippen LogP contribution >= 0.6 is 0 Å². The lowest BCUT2D eigenvalue weighted by Crippen LogP contribution is -2.48. The van der Waals surface area contributed by atoms with E-state index in [4.69, 9.17) is 5.26 Å². The largest absolute Gasteiger partial charge is 0.331 e. The van der Waals surface area contributed by atoms with Crippen molar-refractivity contribution in [2.45, 2.75) is 25.3 Å². The number of hydrogen-bond donors (Lipinski definition) is 1. The zero-order valence-corrected chi connectivity index (χ0v) is 10.1. The minimum atomic E-state index is 0.0930. The summed E-state index contributed by atoms with van der Waals surface area (Å²) in [5, 5.41) is 11.8. The summed E-state index contributed by atoms with van der Waals surface area (Å²) in [6.07, 6.45) is 2.51. The molecule has 0 bridgehead atoms. The molecule has 0 unspecified atom stereocenters. The number of piperidine rings is 1. The van der Waals surface area contributed by atoms with Crippen LogP contribution < -0.4 is 5.32 Å². The van der Waals surface area contributed by atoms with Crippen molar-refractivity contribution in [2.75, 3.05) is 33.7 Å². The quantitative estimate of drug-likeness (QED) is 0.715. The van der Waals surface area contributed by atoms with Gasteiger partial charge in [0.05, 0.1) is 6.07 Å². The first-order valence-electron chi connectivity index (χ1n) is 5.71. The second kappa shape index (κ2) is 6.33. The maximum Gasteiger partial charge on any atom is 0.319 e. The fourth-order valence-corrected chi connectivity index (χ4v) is 1.89. The molecule has 0 saturated carbocycles. The Morgan fingerprint density at radius 2 is 2.12 bits per heavy atom. The number of amides is 2. The van der Waals surface area contributed by atoms with E-state index in [2.05, 4.69) is 11.4 Å². The van der Waals surface area contributed by atoms with E-state index in [0.29, 0.717) is 12.5 Å². The number of nitrogens with one attached hydrogen (secondary N) is 1. The summed E-state index contributed by atoms with van der Waals surface area (Å²) in [5.41, 5.74) is 0. The first-order valence-corrected chi connectivity index (χ1v) is 5.71. The van der Waals surface area contributed by atoms with Gasteiger partial charge in [-0.05, 0) is 12.8 Å². The van der Waals surface area contributed by atoms with Gasteiger partial charge in [-0.2, -0.15) is 5.26 Å². The highest BCUT2D eigenvalue weighted by Crippen LogP contribution is 2.11. The van der Waals surface area contributed by atoms with Crippen molar-refractivity contribution in [1.82, 2.24) is 15.1 Å². The van der Waals surface area contributed by atoms with E-state index in [9.17, 15) is 4.79 Å². The fourth-order valence-electron chi connectivity index (χ4n) is 1.89. The van der Waals surface area contributed by atoms with Crippen LogP contribution in [-0.2, 0) is 0 Å². The van der Waals surface area contributed by atoms with Crippen LogP contribution in [0, 0.1) is 11.3 Å². The van der Waals surface area contributed by atoms with Gasteiger partial charge in [-0.15, -0.1) is 0 Å². The monoisotopic (exact) mass is 224 g/mol. The summed E-state index contributed by atoms with van der Waals surface area (Å²) < 4.78 is 0. The molecule has 1 rings (SSSR count). The van der Waals surface area contributed by atoms with Gasteiger partial charge in [0.15, 0.2) is 0 Å². The second-order valence-electron chi connectivity index (χ2n) is 4.30. The molecular formula is C11H20N4O. The first-order chi connectivity index (χ1) is 7.65. The van der Waals surface area contributed by atoms with Crippen molar-refractivity contribution >= 4 is 6.03 Å². The van der Waals surface area contributed by atoms with Gasteiger partial charge < -0.3 is 15.1 Å². The molecule has 1 aliphatic heterocycles. The second-order valence-corrected chi connectivity index (χ2v) is 4.30. The number of hydrogen-bond acceptors (Lipinski definition) is 3. The van der Waals surface area contributed by atoms with Gasteiger partial charge >= 0.3 is 6.03 Å². The molecule has 1 fully saturated rings. The third kappa shape index (κ3) is 3.70. The molecule has 1 aliphatic rings. The Morgan fingerprint density at radius 3 is 2.62 bits per heavy atom. The van der Waals surface area contributed by atoms with E-state index in [1.54, 1.807) is 19.0 Å². The van der Waals surface area contributed by atoms with Crippen molar-refractivity contribution in [3.63, 3.8) is 0 Å². The van der Waals surface area contributed by atoms with Crippen LogP contribution in [0.2, 0.25) is 0 Å². The van der Waals surface area contributed by atoms with Gasteiger partial charge in [-0.1, -0.05) is 0 Å². The Hall–Kier alpha value is -1.28. The summed E-state index contributed by atoms with van der Waals surface area (Å²) in [7, 11) is 3.55. The fraction of sp³-hybridized carbons (Fsp3) is 0.818. The molecule has 5 nitrogen and oxygen atoms in total. The third-order valence-electron chi connectivity index (χ3n) is 2.82. The summed E-state index contributed by atoms with van der Waals surface area (Å²) >= 11 is 0. The van der Waals surface area contributed by atoms with Crippen LogP contribution in [0.1, 0.15) is 19.3 Å². The highest BCUT2D eigenvalue weighted by Gasteiger charge is 2.22. The molecule has 1 saturated heterocycles. The molecule has 1 heterocycles. The Kier molecular flexibility index (Phi) is 5.06. The molecule has 2 amide bonds. The lowest BCUT2D eigenvalue weighted by atomic mass is 10.1. The van der Waals surface area contributed by atoms with Crippen molar-refractivity contribution < 1.29 is 4.79 Å². The minimum absolute atomic E-state index is 0.0930. The van der Waals surface area contributed by atoms with Gasteiger partial charge in [0.2, 0.25) is 0 Å². The van der Waals surface area contributed by atoms with E-state index < -0.39 is 0 Å². The molecule has 16 heavy (non-hydrogen) atoms. The number of carbonyl (C=O) groups is 1. The van der Waals surface area contributed by atoms with Crippen molar-refractivity contribution in [3.8, 4) is 6.07 Å². The van der Waals surface area contributed by atoms with Crippen molar-refractivity contribution in [1.29, 1.82) is 5.26 Å². The van der Waals surface area contributed by atoms with Crippen LogP contribution in [-0.4, -0.2) is 55.6 Å². The van der Waals surface area contributed by atoms with E-state index >= 15 is 0 Å². The molecule has 0 spiro atoms. The summed E-state index contributed by atoms with van der Waals surface area (Å²) in [4.78, 5) is 15.1. The molecule has 0 aliphatic carbocycles. The van der Waals surface area contributed by atoms with Crippen LogP contribution in [0.25, 0.3) is 0 Å². The normalized spacial score (nSPS) is 16.9. The zero-order chi connectivity index (χ0) is 12.0. The SMILES string of the molecule is CN(C)C(=O)N1CCC(NCCC#N)CC1. The maximum atomic E-state index is 11.7. The third-order valence-corrected chi connectivity index (χ3v) is 2.82. The van der Waals surface area contributed by atoms with Crippen LogP contribution in [0.4, 0.5) is 4.79 Å². The van der Waals surface area contributed by atoms with E-state index in [-0.39, 0.29) is 6.03 Å². The van der Waals surface area contributed by atoms with E-state index in [1.165, 1.54) is 0 Å². The lowest BCUT2D eigenvalue weighted by molar-refractivity contribution is 0.152. The zero-order valence-electron chi connectivity index (χ0n) is 10.1. The van der Waals surface area contributed by atoms with Gasteiger partial charge in [-0.25, -0.2) is 4.79 Å². The molecular weight excluding hydrogens is 204 g/mol. The standard InChI is InChI=1S/C11H20N4O/c1-14(2)11(16)15-8-4-10(5-9-15)13-7-3-6-12/h10,13H,3-5,7-9H2,1-2H3. The van der Waals surface area contributed by atoms with Gasteiger partial charge in [0.25, 0.3) is 0 Å². The molecule has 0 radical (unpaired) electrons. The number of carbonyl (C=O) groups excluding carboxylic acids is 1. The highest BCUT2D eigenvalue weighted by molar-refractivity contribution is 5.73. The van der Waals surface area contributed by atoms with Crippen LogP contribution in [0.3, 0.4) is 0 Å². The minimum Gasteiger partial charge on any atom is -0.331 e. The molecule has 0 aromatic carbocycles. The van der Waals surface area contributed by atoms with Gasteiger partial charge in [0.1, 0.15) is 0 Å². The molecule has 90 valence electrons. The number of rotatable bonds is 3. The number of nitriles is 1. The van der Waals surface area contributed by atoms with Crippen molar-refractivity contribution in [3.05, 3.63) is 0 Å². The highest BCUT2D eigenvalue weighted by atomic mass is 16.2.